The summed E-state index contributed by atoms with van der Waals surface area (Å²) in [6.45, 7) is 7.38. The van der Waals surface area contributed by atoms with Crippen molar-refractivity contribution in [3.05, 3.63) is 45.9 Å². The molecule has 0 aliphatic carbocycles. The molecule has 1 N–H and O–H groups in total. The Morgan fingerprint density at radius 2 is 1.66 bits per heavy atom. The zero-order valence-corrected chi connectivity index (χ0v) is 18.0. The maximum Gasteiger partial charge on any atom is 0.309 e. The van der Waals surface area contributed by atoms with E-state index in [4.69, 9.17) is 14.6 Å². The van der Waals surface area contributed by atoms with Gasteiger partial charge in [-0.15, -0.1) is 0 Å². The van der Waals surface area contributed by atoms with Gasteiger partial charge in [0.1, 0.15) is 11.5 Å². The predicted octanol–water partition coefficient (Wildman–Crippen LogP) is 2.92. The highest BCUT2D eigenvalue weighted by Crippen LogP contribution is 2.37. The SMILES string of the molecule is CC.COc1cc(-c2cc(C)c(=O)n(C)c2)cc(OC)c1CN1CC(C(=O)O)C1. The average molecular weight is 402 g/mol. The summed E-state index contributed by atoms with van der Waals surface area (Å²) in [5, 5.41) is 9.05. The van der Waals surface area contributed by atoms with Gasteiger partial charge in [0.25, 0.3) is 5.56 Å². The molecular weight excluding hydrogens is 372 g/mol. The molecular formula is C22H30N2O5. The average Bonchev–Trinajstić information content (AvgIpc) is 2.68. The van der Waals surface area contributed by atoms with Gasteiger partial charge in [-0.2, -0.15) is 0 Å². The van der Waals surface area contributed by atoms with Crippen molar-refractivity contribution < 1.29 is 19.4 Å². The molecule has 158 valence electrons. The van der Waals surface area contributed by atoms with Crippen LogP contribution < -0.4 is 15.0 Å². The summed E-state index contributed by atoms with van der Waals surface area (Å²) in [5.74, 6) is 0.282. The van der Waals surface area contributed by atoms with Gasteiger partial charge in [0, 0.05) is 38.4 Å². The van der Waals surface area contributed by atoms with E-state index >= 15 is 0 Å². The van der Waals surface area contributed by atoms with Gasteiger partial charge in [0.05, 0.1) is 25.7 Å². The standard InChI is InChI=1S/C20H24N2O5.C2H6/c1-12-5-14(8-21(2)19(12)23)13-6-17(26-3)16(18(7-13)27-4)11-22-9-15(10-22)20(24)25;1-2/h5-8,15H,9-11H2,1-4H3,(H,24,25);1-2H3. The van der Waals surface area contributed by atoms with Crippen LogP contribution in [0, 0.1) is 12.8 Å². The minimum atomic E-state index is -0.759. The molecule has 1 aromatic carbocycles. The van der Waals surface area contributed by atoms with E-state index in [9.17, 15) is 9.59 Å². The van der Waals surface area contributed by atoms with Gasteiger partial charge in [-0.05, 0) is 36.2 Å². The number of likely N-dealkylation sites (tertiary alicyclic amines) is 1. The van der Waals surface area contributed by atoms with E-state index in [1.807, 2.05) is 32.0 Å². The zero-order valence-electron chi connectivity index (χ0n) is 18.0. The largest absolute Gasteiger partial charge is 0.496 e. The van der Waals surface area contributed by atoms with E-state index < -0.39 is 5.97 Å². The number of rotatable bonds is 6. The maximum atomic E-state index is 12.0. The van der Waals surface area contributed by atoms with Crippen molar-refractivity contribution in [3.63, 3.8) is 0 Å². The summed E-state index contributed by atoms with van der Waals surface area (Å²) < 4.78 is 12.7. The smallest absolute Gasteiger partial charge is 0.309 e. The van der Waals surface area contributed by atoms with Crippen LogP contribution in [-0.2, 0) is 18.4 Å². The number of hydrogen-bond acceptors (Lipinski definition) is 5. The van der Waals surface area contributed by atoms with Crippen molar-refractivity contribution in [2.45, 2.75) is 27.3 Å². The van der Waals surface area contributed by atoms with E-state index in [2.05, 4.69) is 4.90 Å². The lowest BCUT2D eigenvalue weighted by atomic mass is 9.97. The molecule has 0 atom stereocenters. The summed E-state index contributed by atoms with van der Waals surface area (Å²) in [6, 6.07) is 5.69. The normalized spacial score (nSPS) is 13.9. The lowest BCUT2D eigenvalue weighted by molar-refractivity contribution is -0.147. The summed E-state index contributed by atoms with van der Waals surface area (Å²) >= 11 is 0. The number of benzene rings is 1. The van der Waals surface area contributed by atoms with Gasteiger partial charge >= 0.3 is 5.97 Å². The number of carboxylic acids is 1. The number of hydrogen-bond donors (Lipinski definition) is 1. The number of aliphatic carboxylic acids is 1. The monoisotopic (exact) mass is 402 g/mol. The third-order valence-electron chi connectivity index (χ3n) is 4.99. The number of nitrogens with zero attached hydrogens (tertiary/aromatic N) is 2. The first-order chi connectivity index (χ1) is 13.8. The highest BCUT2D eigenvalue weighted by atomic mass is 16.5. The molecule has 1 saturated heterocycles. The van der Waals surface area contributed by atoms with Crippen LogP contribution in [0.15, 0.2) is 29.2 Å². The molecule has 1 aliphatic heterocycles. The van der Waals surface area contributed by atoms with Crippen molar-refractivity contribution in [1.29, 1.82) is 0 Å². The maximum absolute atomic E-state index is 12.0. The van der Waals surface area contributed by atoms with Gasteiger partial charge in [-0.1, -0.05) is 13.8 Å². The third kappa shape index (κ3) is 4.79. The molecule has 29 heavy (non-hydrogen) atoms. The lowest BCUT2D eigenvalue weighted by Gasteiger charge is -2.37. The van der Waals surface area contributed by atoms with Crippen LogP contribution in [0.2, 0.25) is 0 Å². The number of carboxylic acid groups (broad SMARTS) is 1. The quantitative estimate of drug-likeness (QED) is 0.800. The fraction of sp³-hybridized carbons (Fsp3) is 0.455. The fourth-order valence-corrected chi connectivity index (χ4v) is 3.42. The second-order valence-corrected chi connectivity index (χ2v) is 6.92. The lowest BCUT2D eigenvalue weighted by Crippen LogP contribution is -2.49. The second kappa shape index (κ2) is 9.60. The van der Waals surface area contributed by atoms with Gasteiger partial charge < -0.3 is 19.1 Å². The molecule has 2 heterocycles. The summed E-state index contributed by atoms with van der Waals surface area (Å²) in [4.78, 5) is 25.0. The van der Waals surface area contributed by atoms with E-state index in [-0.39, 0.29) is 11.5 Å². The Bertz CT molecular complexity index is 878. The van der Waals surface area contributed by atoms with Crippen LogP contribution in [0.5, 0.6) is 11.5 Å². The molecule has 1 fully saturated rings. The Labute approximate surface area is 171 Å². The van der Waals surface area contributed by atoms with Crippen LogP contribution in [0.25, 0.3) is 11.1 Å². The fourth-order valence-electron chi connectivity index (χ4n) is 3.42. The highest BCUT2D eigenvalue weighted by Gasteiger charge is 2.33. The number of methoxy groups -OCH3 is 2. The summed E-state index contributed by atoms with van der Waals surface area (Å²) in [6.07, 6.45) is 1.79. The molecule has 1 aromatic heterocycles. The van der Waals surface area contributed by atoms with Crippen molar-refractivity contribution >= 4 is 5.97 Å². The number of carbonyl (C=O) groups is 1. The minimum absolute atomic E-state index is 0.0277. The van der Waals surface area contributed by atoms with E-state index in [0.29, 0.717) is 36.7 Å². The Morgan fingerprint density at radius 1 is 1.10 bits per heavy atom. The predicted molar refractivity (Wildman–Crippen MR) is 113 cm³/mol. The first kappa shape index (κ1) is 22.5. The Hall–Kier alpha value is -2.80. The Kier molecular flexibility index (Phi) is 7.45. The van der Waals surface area contributed by atoms with Gasteiger partial charge in [0.15, 0.2) is 0 Å². The number of pyridine rings is 1. The molecule has 0 saturated carbocycles. The van der Waals surface area contributed by atoms with E-state index in [1.54, 1.807) is 39.0 Å². The Balaban J connectivity index is 0.00000145. The Morgan fingerprint density at radius 3 is 2.10 bits per heavy atom. The second-order valence-electron chi connectivity index (χ2n) is 6.92. The van der Waals surface area contributed by atoms with Gasteiger partial charge in [-0.25, -0.2) is 0 Å². The van der Waals surface area contributed by atoms with Crippen molar-refractivity contribution in [3.8, 4) is 22.6 Å². The molecule has 0 spiro atoms. The molecule has 0 bridgehead atoms. The van der Waals surface area contributed by atoms with Crippen molar-refractivity contribution in [2.24, 2.45) is 13.0 Å². The van der Waals surface area contributed by atoms with Gasteiger partial charge in [0.2, 0.25) is 0 Å². The number of aryl methyl sites for hydroxylation is 2. The molecule has 2 aromatic rings. The van der Waals surface area contributed by atoms with Crippen LogP contribution in [0.3, 0.4) is 0 Å². The van der Waals surface area contributed by atoms with Crippen molar-refractivity contribution in [2.75, 3.05) is 27.3 Å². The molecule has 7 nitrogen and oxygen atoms in total. The van der Waals surface area contributed by atoms with Gasteiger partial charge in [-0.3, -0.25) is 14.5 Å². The summed E-state index contributed by atoms with van der Waals surface area (Å²) in [5.41, 5.74) is 3.30. The van der Waals surface area contributed by atoms with Crippen molar-refractivity contribution in [1.82, 2.24) is 9.47 Å². The van der Waals surface area contributed by atoms with Crippen LogP contribution >= 0.6 is 0 Å². The number of aromatic nitrogens is 1. The topological polar surface area (TPSA) is 81.0 Å². The molecule has 0 unspecified atom stereocenters. The molecule has 1 aliphatic rings. The highest BCUT2D eigenvalue weighted by molar-refractivity contribution is 5.72. The minimum Gasteiger partial charge on any atom is -0.496 e. The zero-order chi connectivity index (χ0) is 21.7. The molecule has 0 radical (unpaired) electrons. The molecule has 3 rings (SSSR count). The molecule has 7 heteroatoms. The number of ether oxygens (including phenoxy) is 2. The van der Waals surface area contributed by atoms with E-state index in [1.165, 1.54) is 0 Å². The van der Waals surface area contributed by atoms with Crippen LogP contribution in [0.4, 0.5) is 0 Å². The summed E-state index contributed by atoms with van der Waals surface area (Å²) in [7, 11) is 4.93. The third-order valence-corrected chi connectivity index (χ3v) is 4.99. The first-order valence-electron chi connectivity index (χ1n) is 9.71. The van der Waals surface area contributed by atoms with E-state index in [0.717, 1.165) is 16.7 Å². The first-order valence-corrected chi connectivity index (χ1v) is 9.71. The van der Waals surface area contributed by atoms with Crippen LogP contribution in [0.1, 0.15) is 25.0 Å². The van der Waals surface area contributed by atoms with Crippen LogP contribution in [-0.4, -0.2) is 47.9 Å². The molecule has 0 amide bonds.